The number of sulfone groups is 1. The number of phenolic OH excluding ortho intramolecular Hbond substituents is 1. The second-order valence-corrected chi connectivity index (χ2v) is 11.9. The van der Waals surface area contributed by atoms with Crippen LogP contribution in [0.25, 0.3) is 0 Å². The zero-order chi connectivity index (χ0) is 22.3. The molecule has 1 aliphatic rings. The number of benzene rings is 2. The molecule has 5 nitrogen and oxygen atoms in total. The van der Waals surface area contributed by atoms with Crippen molar-refractivity contribution in [2.45, 2.75) is 76.6 Å². The molecular formula is C24H33NO4S. The lowest BCUT2D eigenvalue weighted by atomic mass is 9.93. The minimum absolute atomic E-state index is 0.0623. The highest BCUT2D eigenvalue weighted by Gasteiger charge is 2.32. The highest BCUT2D eigenvalue weighted by Crippen LogP contribution is 2.35. The summed E-state index contributed by atoms with van der Waals surface area (Å²) in [6, 6.07) is 11.0. The topological polar surface area (TPSA) is 66.8 Å². The summed E-state index contributed by atoms with van der Waals surface area (Å²) in [7, 11) is -3.20. The number of hydrogen-bond acceptors (Lipinski definition) is 5. The molecule has 1 aliphatic heterocycles. The van der Waals surface area contributed by atoms with Crippen molar-refractivity contribution in [2.75, 3.05) is 6.26 Å². The van der Waals surface area contributed by atoms with Gasteiger partial charge in [0.2, 0.25) is 0 Å². The fourth-order valence-electron chi connectivity index (χ4n) is 3.76. The van der Waals surface area contributed by atoms with Crippen LogP contribution in [0.15, 0.2) is 41.3 Å². The van der Waals surface area contributed by atoms with E-state index in [0.29, 0.717) is 10.6 Å². The van der Waals surface area contributed by atoms with E-state index in [9.17, 15) is 13.5 Å². The second kappa shape index (κ2) is 7.89. The van der Waals surface area contributed by atoms with Gasteiger partial charge in [0, 0.05) is 24.9 Å². The maximum Gasteiger partial charge on any atom is 0.175 e. The summed E-state index contributed by atoms with van der Waals surface area (Å²) >= 11 is 0. The standard InChI is InChI=1S/C24H33NO4S/c1-23(2,3)29-22-13-17(7-10-21(22)26)11-12-24(4,5)25-15-18-8-9-20(30(6,27)28)14-19(18)16-25/h7-10,13-14,26H,11-12,15-16H2,1-6H3. The van der Waals surface area contributed by atoms with E-state index >= 15 is 0 Å². The fraction of sp³-hybridized carbons (Fsp3) is 0.500. The van der Waals surface area contributed by atoms with Gasteiger partial charge in [-0.1, -0.05) is 12.1 Å². The molecule has 0 amide bonds. The van der Waals surface area contributed by atoms with Gasteiger partial charge in [-0.05, 0) is 88.4 Å². The number of hydrogen-bond donors (Lipinski definition) is 1. The van der Waals surface area contributed by atoms with Crippen molar-refractivity contribution in [1.82, 2.24) is 4.90 Å². The van der Waals surface area contributed by atoms with Crippen molar-refractivity contribution in [3.8, 4) is 11.5 Å². The molecule has 0 aromatic heterocycles. The first-order valence-electron chi connectivity index (χ1n) is 10.3. The smallest absolute Gasteiger partial charge is 0.175 e. The molecule has 0 spiro atoms. The zero-order valence-corrected chi connectivity index (χ0v) is 19.6. The minimum atomic E-state index is -3.20. The van der Waals surface area contributed by atoms with Gasteiger partial charge >= 0.3 is 0 Å². The summed E-state index contributed by atoms with van der Waals surface area (Å²) in [5.74, 6) is 0.671. The first-order valence-corrected chi connectivity index (χ1v) is 12.2. The number of fused-ring (bicyclic) bond motifs is 1. The number of nitrogens with zero attached hydrogens (tertiary/aromatic N) is 1. The molecule has 3 rings (SSSR count). The van der Waals surface area contributed by atoms with Gasteiger partial charge in [-0.3, -0.25) is 4.90 Å². The van der Waals surface area contributed by atoms with Crippen molar-refractivity contribution in [1.29, 1.82) is 0 Å². The van der Waals surface area contributed by atoms with Crippen LogP contribution in [0.4, 0.5) is 0 Å². The third-order valence-corrected chi connectivity index (χ3v) is 6.76. The molecule has 0 unspecified atom stereocenters. The van der Waals surface area contributed by atoms with Gasteiger partial charge < -0.3 is 9.84 Å². The molecule has 6 heteroatoms. The number of rotatable bonds is 6. The third-order valence-electron chi connectivity index (χ3n) is 5.65. The molecule has 1 heterocycles. The molecule has 164 valence electrons. The average molecular weight is 432 g/mol. The van der Waals surface area contributed by atoms with Gasteiger partial charge in [0.15, 0.2) is 21.3 Å². The monoisotopic (exact) mass is 431 g/mol. The van der Waals surface area contributed by atoms with E-state index in [-0.39, 0.29) is 16.9 Å². The Labute approximate surface area is 180 Å². The van der Waals surface area contributed by atoms with Crippen molar-refractivity contribution in [3.63, 3.8) is 0 Å². The van der Waals surface area contributed by atoms with Crippen molar-refractivity contribution in [2.24, 2.45) is 0 Å². The van der Waals surface area contributed by atoms with Gasteiger partial charge in [-0.2, -0.15) is 0 Å². The van der Waals surface area contributed by atoms with Crippen LogP contribution in [-0.2, 0) is 29.3 Å². The van der Waals surface area contributed by atoms with Crippen LogP contribution in [0, 0.1) is 0 Å². The number of phenols is 1. The van der Waals surface area contributed by atoms with Crippen LogP contribution in [0.2, 0.25) is 0 Å². The molecule has 0 saturated carbocycles. The van der Waals surface area contributed by atoms with Crippen LogP contribution in [0.3, 0.4) is 0 Å². The molecule has 0 radical (unpaired) electrons. The Bertz CT molecular complexity index is 1040. The molecule has 0 saturated heterocycles. The summed E-state index contributed by atoms with van der Waals surface area (Å²) < 4.78 is 29.6. The van der Waals surface area contributed by atoms with Crippen molar-refractivity contribution >= 4 is 9.84 Å². The number of aromatic hydroxyl groups is 1. The zero-order valence-electron chi connectivity index (χ0n) is 18.8. The summed E-state index contributed by atoms with van der Waals surface area (Å²) in [5, 5.41) is 10.1. The first-order chi connectivity index (χ1) is 13.7. The molecule has 2 aromatic carbocycles. The van der Waals surface area contributed by atoms with Gasteiger partial charge in [-0.25, -0.2) is 8.42 Å². The molecular weight excluding hydrogens is 398 g/mol. The van der Waals surface area contributed by atoms with E-state index in [1.807, 2.05) is 45.0 Å². The lowest BCUT2D eigenvalue weighted by Gasteiger charge is -2.35. The average Bonchev–Trinajstić information content (AvgIpc) is 3.05. The Hall–Kier alpha value is -2.05. The lowest BCUT2D eigenvalue weighted by Crippen LogP contribution is -2.40. The second-order valence-electron chi connectivity index (χ2n) is 9.89. The van der Waals surface area contributed by atoms with Crippen molar-refractivity contribution < 1.29 is 18.3 Å². The molecule has 0 aliphatic carbocycles. The Balaban J connectivity index is 1.69. The quantitative estimate of drug-likeness (QED) is 0.718. The molecule has 0 atom stereocenters. The highest BCUT2D eigenvalue weighted by molar-refractivity contribution is 7.90. The number of aryl methyl sites for hydroxylation is 1. The third kappa shape index (κ3) is 5.35. The molecule has 0 fully saturated rings. The van der Waals surface area contributed by atoms with E-state index in [4.69, 9.17) is 4.74 Å². The molecule has 30 heavy (non-hydrogen) atoms. The maximum absolute atomic E-state index is 11.9. The van der Waals surface area contributed by atoms with E-state index in [1.54, 1.807) is 12.1 Å². The summed E-state index contributed by atoms with van der Waals surface area (Å²) in [6.07, 6.45) is 3.04. The highest BCUT2D eigenvalue weighted by atomic mass is 32.2. The van der Waals surface area contributed by atoms with Gasteiger partial charge in [-0.15, -0.1) is 0 Å². The molecule has 0 bridgehead atoms. The first kappa shape index (κ1) is 22.6. The summed E-state index contributed by atoms with van der Waals surface area (Å²) in [5.41, 5.74) is 2.98. The van der Waals surface area contributed by atoms with Gasteiger partial charge in [0.1, 0.15) is 5.60 Å². The SMILES string of the molecule is CC(C)(C)Oc1cc(CCC(C)(C)N2Cc3ccc(S(C)(=O)=O)cc3C2)ccc1O. The Morgan fingerprint density at radius 2 is 1.67 bits per heavy atom. The Morgan fingerprint density at radius 3 is 2.30 bits per heavy atom. The van der Waals surface area contributed by atoms with Crippen LogP contribution in [-0.4, -0.2) is 35.8 Å². The van der Waals surface area contributed by atoms with Crippen LogP contribution < -0.4 is 4.74 Å². The predicted octanol–water partition coefficient (Wildman–Crippen LogP) is 4.70. The summed E-state index contributed by atoms with van der Waals surface area (Å²) in [4.78, 5) is 2.79. The van der Waals surface area contributed by atoms with E-state index < -0.39 is 9.84 Å². The van der Waals surface area contributed by atoms with Gasteiger partial charge in [0.25, 0.3) is 0 Å². The van der Waals surface area contributed by atoms with E-state index in [2.05, 4.69) is 18.7 Å². The molecule has 2 aromatic rings. The van der Waals surface area contributed by atoms with E-state index in [0.717, 1.165) is 37.1 Å². The Morgan fingerprint density at radius 1 is 1.00 bits per heavy atom. The number of ether oxygens (including phenoxy) is 1. The normalized spacial score (nSPS) is 15.3. The van der Waals surface area contributed by atoms with E-state index in [1.165, 1.54) is 11.8 Å². The van der Waals surface area contributed by atoms with Crippen LogP contribution in [0.5, 0.6) is 11.5 Å². The predicted molar refractivity (Wildman–Crippen MR) is 120 cm³/mol. The van der Waals surface area contributed by atoms with Gasteiger partial charge in [0.05, 0.1) is 4.90 Å². The van der Waals surface area contributed by atoms with Crippen LogP contribution in [0.1, 0.15) is 57.7 Å². The molecule has 1 N–H and O–H groups in total. The fourth-order valence-corrected chi connectivity index (χ4v) is 4.44. The maximum atomic E-state index is 11.9. The lowest BCUT2D eigenvalue weighted by molar-refractivity contribution is 0.109. The Kier molecular flexibility index (Phi) is 5.95. The summed E-state index contributed by atoms with van der Waals surface area (Å²) in [6.45, 7) is 11.9. The van der Waals surface area contributed by atoms with Crippen molar-refractivity contribution in [3.05, 3.63) is 53.1 Å². The van der Waals surface area contributed by atoms with Crippen LogP contribution >= 0.6 is 0 Å². The largest absolute Gasteiger partial charge is 0.504 e. The minimum Gasteiger partial charge on any atom is -0.504 e.